The third kappa shape index (κ3) is 3.76. The van der Waals surface area contributed by atoms with Crippen molar-refractivity contribution in [3.63, 3.8) is 0 Å². The summed E-state index contributed by atoms with van der Waals surface area (Å²) in [6.45, 7) is 5.40. The zero-order valence-corrected chi connectivity index (χ0v) is 14.2. The highest BCUT2D eigenvalue weighted by Crippen LogP contribution is 2.36. The highest BCUT2D eigenvalue weighted by molar-refractivity contribution is 9.10. The second-order valence-corrected chi connectivity index (χ2v) is 7.38. The molecule has 0 aliphatic heterocycles. The summed E-state index contributed by atoms with van der Waals surface area (Å²) >= 11 is 3.63. The van der Waals surface area contributed by atoms with Gasteiger partial charge in [-0.2, -0.15) is 0 Å². The fraction of sp³-hybridized carbons (Fsp3) is 0.647. The normalized spacial score (nSPS) is 27.4. The highest BCUT2D eigenvalue weighted by atomic mass is 79.9. The number of nitrogens with two attached hydrogens (primary N) is 1. The largest absolute Gasteiger partial charge is 0.377 e. The van der Waals surface area contributed by atoms with Crippen molar-refractivity contribution in [3.05, 3.63) is 28.7 Å². The molecule has 1 aromatic carbocycles. The molecule has 1 aliphatic carbocycles. The van der Waals surface area contributed by atoms with Gasteiger partial charge in [-0.15, -0.1) is 0 Å². The van der Waals surface area contributed by atoms with E-state index in [4.69, 9.17) is 5.73 Å². The number of benzene rings is 1. The van der Waals surface area contributed by atoms with Gasteiger partial charge in [0.2, 0.25) is 0 Å². The summed E-state index contributed by atoms with van der Waals surface area (Å²) in [7, 11) is 0. The summed E-state index contributed by atoms with van der Waals surface area (Å²) in [5.74, 6) is 1.64. The van der Waals surface area contributed by atoms with Crippen LogP contribution >= 0.6 is 15.9 Å². The van der Waals surface area contributed by atoms with Gasteiger partial charge < -0.3 is 11.1 Å². The minimum Gasteiger partial charge on any atom is -0.377 e. The molecule has 1 fully saturated rings. The molecule has 2 nitrogen and oxygen atoms in total. The molecular weight excluding hydrogens is 312 g/mol. The number of hydrogen-bond donors (Lipinski definition) is 2. The molecule has 0 heterocycles. The number of hydrogen-bond acceptors (Lipinski definition) is 2. The lowest BCUT2D eigenvalue weighted by atomic mass is 9.86. The van der Waals surface area contributed by atoms with Crippen LogP contribution in [-0.2, 0) is 0 Å². The maximum Gasteiger partial charge on any atom is 0.0496 e. The smallest absolute Gasteiger partial charge is 0.0496 e. The molecule has 1 aromatic rings. The molecule has 3 heteroatoms. The number of para-hydroxylation sites is 1. The SMILES string of the molecule is CC(C)C1CCCC(CN)(Nc2ccccc2Br)CC1. The van der Waals surface area contributed by atoms with E-state index in [0.717, 1.165) is 16.3 Å². The maximum absolute atomic E-state index is 6.15. The molecule has 1 aliphatic rings. The average molecular weight is 339 g/mol. The molecule has 2 rings (SSSR count). The van der Waals surface area contributed by atoms with Crippen molar-refractivity contribution in [2.24, 2.45) is 17.6 Å². The van der Waals surface area contributed by atoms with E-state index in [-0.39, 0.29) is 5.54 Å². The molecule has 0 saturated heterocycles. The molecule has 20 heavy (non-hydrogen) atoms. The summed E-state index contributed by atoms with van der Waals surface area (Å²) in [6, 6.07) is 8.34. The van der Waals surface area contributed by atoms with Crippen molar-refractivity contribution in [1.29, 1.82) is 0 Å². The van der Waals surface area contributed by atoms with Crippen LogP contribution in [0.4, 0.5) is 5.69 Å². The molecule has 0 aromatic heterocycles. The van der Waals surface area contributed by atoms with Gasteiger partial charge in [0.1, 0.15) is 0 Å². The number of rotatable bonds is 4. The Morgan fingerprint density at radius 1 is 1.30 bits per heavy atom. The second kappa shape index (κ2) is 6.95. The van der Waals surface area contributed by atoms with Gasteiger partial charge in [0.25, 0.3) is 0 Å². The van der Waals surface area contributed by atoms with Crippen molar-refractivity contribution in [2.45, 2.75) is 51.5 Å². The van der Waals surface area contributed by atoms with E-state index in [9.17, 15) is 0 Å². The quantitative estimate of drug-likeness (QED) is 0.774. The lowest BCUT2D eigenvalue weighted by molar-refractivity contribution is 0.332. The second-order valence-electron chi connectivity index (χ2n) is 6.52. The van der Waals surface area contributed by atoms with Crippen molar-refractivity contribution >= 4 is 21.6 Å². The van der Waals surface area contributed by atoms with Crippen LogP contribution < -0.4 is 11.1 Å². The van der Waals surface area contributed by atoms with Gasteiger partial charge in [-0.25, -0.2) is 0 Å². The minimum atomic E-state index is 0.0630. The van der Waals surface area contributed by atoms with Crippen LogP contribution in [0.5, 0.6) is 0 Å². The van der Waals surface area contributed by atoms with Crippen LogP contribution in [0.2, 0.25) is 0 Å². The van der Waals surface area contributed by atoms with Gasteiger partial charge in [-0.1, -0.05) is 38.8 Å². The highest BCUT2D eigenvalue weighted by Gasteiger charge is 2.32. The van der Waals surface area contributed by atoms with E-state index in [2.05, 4.69) is 53.3 Å². The first-order valence-corrected chi connectivity index (χ1v) is 8.58. The van der Waals surface area contributed by atoms with E-state index in [1.54, 1.807) is 0 Å². The Morgan fingerprint density at radius 2 is 2.05 bits per heavy atom. The van der Waals surface area contributed by atoms with Gasteiger partial charge in [0.15, 0.2) is 0 Å². The lowest BCUT2D eigenvalue weighted by Crippen LogP contribution is -2.45. The van der Waals surface area contributed by atoms with Crippen LogP contribution in [0.1, 0.15) is 46.0 Å². The Balaban J connectivity index is 2.12. The van der Waals surface area contributed by atoms with E-state index >= 15 is 0 Å². The zero-order valence-electron chi connectivity index (χ0n) is 12.7. The molecule has 112 valence electrons. The van der Waals surface area contributed by atoms with Crippen LogP contribution in [0.3, 0.4) is 0 Å². The number of halogens is 1. The summed E-state index contributed by atoms with van der Waals surface area (Å²) < 4.78 is 1.12. The van der Waals surface area contributed by atoms with Gasteiger partial charge in [0, 0.05) is 22.2 Å². The van der Waals surface area contributed by atoms with Gasteiger partial charge in [0.05, 0.1) is 0 Å². The Hall–Kier alpha value is -0.540. The van der Waals surface area contributed by atoms with Gasteiger partial charge in [-0.3, -0.25) is 0 Å². The molecular formula is C17H27BrN2. The summed E-state index contributed by atoms with van der Waals surface area (Å²) in [5.41, 5.74) is 7.38. The molecule has 3 N–H and O–H groups in total. The summed E-state index contributed by atoms with van der Waals surface area (Å²) in [4.78, 5) is 0. The summed E-state index contributed by atoms with van der Waals surface area (Å²) in [6.07, 6.45) is 6.25. The molecule has 0 spiro atoms. The third-order valence-corrected chi connectivity index (χ3v) is 5.52. The van der Waals surface area contributed by atoms with Crippen LogP contribution in [-0.4, -0.2) is 12.1 Å². The van der Waals surface area contributed by atoms with Gasteiger partial charge in [-0.05, 0) is 59.2 Å². The molecule has 0 radical (unpaired) electrons. The Bertz CT molecular complexity index is 433. The van der Waals surface area contributed by atoms with Crippen molar-refractivity contribution in [3.8, 4) is 0 Å². The fourth-order valence-corrected chi connectivity index (χ4v) is 3.71. The molecule has 2 atom stereocenters. The zero-order chi connectivity index (χ0) is 14.6. The molecule has 1 saturated carbocycles. The first kappa shape index (κ1) is 15.8. The van der Waals surface area contributed by atoms with Crippen molar-refractivity contribution in [1.82, 2.24) is 0 Å². The van der Waals surface area contributed by atoms with Gasteiger partial charge >= 0.3 is 0 Å². The fourth-order valence-electron chi connectivity index (χ4n) is 3.33. The topological polar surface area (TPSA) is 38.0 Å². The minimum absolute atomic E-state index is 0.0630. The third-order valence-electron chi connectivity index (χ3n) is 4.83. The Kier molecular flexibility index (Phi) is 5.50. The molecule has 2 unspecified atom stereocenters. The Labute approximate surface area is 131 Å². The number of nitrogens with one attached hydrogen (secondary N) is 1. The van der Waals surface area contributed by atoms with E-state index in [1.165, 1.54) is 37.8 Å². The number of anilines is 1. The van der Waals surface area contributed by atoms with E-state index in [1.807, 2.05) is 6.07 Å². The predicted octanol–water partition coefficient (Wildman–Crippen LogP) is 4.79. The van der Waals surface area contributed by atoms with E-state index in [0.29, 0.717) is 6.54 Å². The standard InChI is InChI=1S/C17H27BrN2/c1-13(2)14-6-5-10-17(12-19,11-9-14)20-16-8-4-3-7-15(16)18/h3-4,7-8,13-14,20H,5-6,9-12,19H2,1-2H3. The van der Waals surface area contributed by atoms with Crippen molar-refractivity contribution < 1.29 is 0 Å². The molecule has 0 amide bonds. The lowest BCUT2D eigenvalue weighted by Gasteiger charge is -2.34. The van der Waals surface area contributed by atoms with Crippen LogP contribution in [0.15, 0.2) is 28.7 Å². The summed E-state index contributed by atoms with van der Waals surface area (Å²) in [5, 5.41) is 3.74. The Morgan fingerprint density at radius 3 is 2.70 bits per heavy atom. The van der Waals surface area contributed by atoms with Crippen molar-refractivity contribution in [2.75, 3.05) is 11.9 Å². The van der Waals surface area contributed by atoms with Crippen LogP contribution in [0, 0.1) is 11.8 Å². The first-order chi connectivity index (χ1) is 9.56. The van der Waals surface area contributed by atoms with Crippen LogP contribution in [0.25, 0.3) is 0 Å². The molecule has 0 bridgehead atoms. The van der Waals surface area contributed by atoms with E-state index < -0.39 is 0 Å². The first-order valence-electron chi connectivity index (χ1n) is 7.79. The monoisotopic (exact) mass is 338 g/mol. The maximum atomic E-state index is 6.15. The average Bonchev–Trinajstić information content (AvgIpc) is 2.65. The predicted molar refractivity (Wildman–Crippen MR) is 91.0 cm³/mol.